The molecule has 0 spiro atoms. The van der Waals surface area contributed by atoms with Crippen molar-refractivity contribution in [3.8, 4) is 11.5 Å². The van der Waals surface area contributed by atoms with Crippen LogP contribution in [0, 0.1) is 0 Å². The number of hydrogen-bond donors (Lipinski definition) is 0. The first kappa shape index (κ1) is 17.9. The summed E-state index contributed by atoms with van der Waals surface area (Å²) in [7, 11) is 1.14. The Hall–Kier alpha value is -1.86. The zero-order valence-electron chi connectivity index (χ0n) is 14.8. The van der Waals surface area contributed by atoms with Crippen LogP contribution in [0.25, 0.3) is 0 Å². The highest BCUT2D eigenvalue weighted by Crippen LogP contribution is 2.25. The molecule has 0 radical (unpaired) electrons. The second-order valence-electron chi connectivity index (χ2n) is 6.06. The summed E-state index contributed by atoms with van der Waals surface area (Å²) >= 11 is 0. The van der Waals surface area contributed by atoms with Crippen molar-refractivity contribution in [3.05, 3.63) is 42.2 Å². The van der Waals surface area contributed by atoms with Gasteiger partial charge in [0.05, 0.1) is 12.8 Å². The van der Waals surface area contributed by atoms with Crippen molar-refractivity contribution < 1.29 is 13.7 Å². The van der Waals surface area contributed by atoms with Crippen LogP contribution in [0.15, 0.2) is 36.7 Å². The Balaban J connectivity index is 1.56. The van der Waals surface area contributed by atoms with E-state index in [0.29, 0.717) is 19.0 Å². The maximum Gasteiger partial charge on any atom is 0.119 e. The third-order valence-electron chi connectivity index (χ3n) is 4.28. The molecule has 3 rings (SSSR count). The lowest BCUT2D eigenvalue weighted by Crippen LogP contribution is -2.42. The molecule has 0 saturated carbocycles. The van der Waals surface area contributed by atoms with Gasteiger partial charge in [-0.15, -0.1) is 0 Å². The van der Waals surface area contributed by atoms with Gasteiger partial charge in [-0.2, -0.15) is 5.10 Å². The highest BCUT2D eigenvalue weighted by Gasteiger charge is 2.28. The third kappa shape index (κ3) is 4.83. The predicted molar refractivity (Wildman–Crippen MR) is 98.5 cm³/mol. The normalized spacial score (nSPS) is 21.2. The molecule has 2 atom stereocenters. The Kier molecular flexibility index (Phi) is 6.09. The minimum absolute atomic E-state index is 0.146. The lowest BCUT2D eigenvalue weighted by atomic mass is 10.1. The van der Waals surface area contributed by atoms with E-state index in [1.807, 2.05) is 50.6 Å². The van der Waals surface area contributed by atoms with Crippen LogP contribution in [0.3, 0.4) is 0 Å². The van der Waals surface area contributed by atoms with E-state index in [2.05, 4.69) is 10.00 Å². The highest BCUT2D eigenvalue weighted by molar-refractivity contribution is 7.85. The van der Waals surface area contributed by atoms with Gasteiger partial charge in [0, 0.05) is 60.2 Å². The van der Waals surface area contributed by atoms with Crippen LogP contribution in [0.4, 0.5) is 0 Å². The summed E-state index contributed by atoms with van der Waals surface area (Å²) in [5.74, 6) is 3.07. The van der Waals surface area contributed by atoms with Gasteiger partial charge in [0.2, 0.25) is 0 Å². The van der Waals surface area contributed by atoms with Crippen LogP contribution in [0.2, 0.25) is 0 Å². The molecule has 1 fully saturated rings. The number of rotatable bonds is 7. The van der Waals surface area contributed by atoms with E-state index in [1.165, 1.54) is 0 Å². The minimum Gasteiger partial charge on any atom is -0.494 e. The monoisotopic (exact) mass is 363 g/mol. The molecule has 136 valence electrons. The van der Waals surface area contributed by atoms with Crippen LogP contribution < -0.4 is 9.47 Å². The zero-order valence-corrected chi connectivity index (χ0v) is 15.6. The van der Waals surface area contributed by atoms with Crippen molar-refractivity contribution in [1.29, 1.82) is 0 Å². The molecule has 0 bridgehead atoms. The number of aryl methyl sites for hydroxylation is 1. The second kappa shape index (κ2) is 8.49. The summed E-state index contributed by atoms with van der Waals surface area (Å²) in [4.78, 5) is 2.34. The summed E-state index contributed by atoms with van der Waals surface area (Å²) in [6, 6.07) is 7.83. The molecule has 1 aromatic carbocycles. The van der Waals surface area contributed by atoms with Crippen molar-refractivity contribution in [2.75, 3.05) is 37.8 Å². The first-order valence-electron chi connectivity index (χ1n) is 8.59. The quantitative estimate of drug-likeness (QED) is 0.753. The molecule has 1 aromatic heterocycles. The zero-order chi connectivity index (χ0) is 17.6. The molecule has 0 unspecified atom stereocenters. The van der Waals surface area contributed by atoms with Crippen molar-refractivity contribution in [2.24, 2.45) is 7.05 Å². The fourth-order valence-corrected chi connectivity index (χ4v) is 4.37. The molecule has 7 heteroatoms. The molecule has 1 aliphatic rings. The Bertz CT molecular complexity index is 702. The minimum atomic E-state index is -0.762. The van der Waals surface area contributed by atoms with E-state index in [4.69, 9.17) is 9.47 Å². The van der Waals surface area contributed by atoms with Gasteiger partial charge >= 0.3 is 0 Å². The topological polar surface area (TPSA) is 56.6 Å². The molecule has 2 aromatic rings. The fraction of sp³-hybridized carbons (Fsp3) is 0.500. The smallest absolute Gasteiger partial charge is 0.119 e. The summed E-state index contributed by atoms with van der Waals surface area (Å²) in [6.07, 6.45) is 3.88. The lowest BCUT2D eigenvalue weighted by molar-refractivity contribution is 0.173. The molecular weight excluding hydrogens is 338 g/mol. The second-order valence-corrected chi connectivity index (χ2v) is 7.68. The van der Waals surface area contributed by atoms with Gasteiger partial charge < -0.3 is 9.47 Å². The predicted octanol–water partition coefficient (Wildman–Crippen LogP) is 2.00. The van der Waals surface area contributed by atoms with Gasteiger partial charge in [-0.05, 0) is 31.2 Å². The third-order valence-corrected chi connectivity index (χ3v) is 5.61. The average molecular weight is 363 g/mol. The van der Waals surface area contributed by atoms with Crippen molar-refractivity contribution in [2.45, 2.75) is 13.0 Å². The van der Waals surface area contributed by atoms with Crippen LogP contribution in [0.1, 0.15) is 18.5 Å². The van der Waals surface area contributed by atoms with Gasteiger partial charge in [0.25, 0.3) is 0 Å². The average Bonchev–Trinajstić information content (AvgIpc) is 3.04. The molecule has 25 heavy (non-hydrogen) atoms. The van der Waals surface area contributed by atoms with Crippen LogP contribution in [-0.4, -0.2) is 56.7 Å². The largest absolute Gasteiger partial charge is 0.494 e. The van der Waals surface area contributed by atoms with Crippen LogP contribution >= 0.6 is 0 Å². The van der Waals surface area contributed by atoms with Gasteiger partial charge in [0.1, 0.15) is 18.1 Å². The Morgan fingerprint density at radius 1 is 1.24 bits per heavy atom. The Morgan fingerprint density at radius 3 is 2.60 bits per heavy atom. The first-order chi connectivity index (χ1) is 12.2. The highest BCUT2D eigenvalue weighted by atomic mass is 32.2. The van der Waals surface area contributed by atoms with E-state index >= 15 is 0 Å². The van der Waals surface area contributed by atoms with E-state index in [-0.39, 0.29) is 6.04 Å². The van der Waals surface area contributed by atoms with E-state index < -0.39 is 10.8 Å². The van der Waals surface area contributed by atoms with Crippen molar-refractivity contribution in [1.82, 2.24) is 14.7 Å². The molecule has 2 heterocycles. The van der Waals surface area contributed by atoms with Gasteiger partial charge in [0.15, 0.2) is 0 Å². The summed E-state index contributed by atoms with van der Waals surface area (Å²) in [5.41, 5.74) is 1.12. The SMILES string of the molecule is CCOc1ccc(OCCN2CC[S@](=O)C[C@H]2c2cnn(C)c2)cc1. The maximum absolute atomic E-state index is 12.0. The fourth-order valence-electron chi connectivity index (χ4n) is 3.01. The number of benzene rings is 1. The summed E-state index contributed by atoms with van der Waals surface area (Å²) in [5, 5.41) is 4.25. The number of nitrogens with zero attached hydrogens (tertiary/aromatic N) is 3. The van der Waals surface area contributed by atoms with E-state index in [1.54, 1.807) is 4.68 Å². The van der Waals surface area contributed by atoms with E-state index in [9.17, 15) is 4.21 Å². The first-order valence-corrected chi connectivity index (χ1v) is 10.1. The van der Waals surface area contributed by atoms with Crippen molar-refractivity contribution >= 4 is 10.8 Å². The number of hydrogen-bond acceptors (Lipinski definition) is 5. The number of ether oxygens (including phenoxy) is 2. The molecule has 6 nitrogen and oxygen atoms in total. The van der Waals surface area contributed by atoms with Crippen molar-refractivity contribution in [3.63, 3.8) is 0 Å². The Labute approximate surface area is 151 Å². The molecule has 0 N–H and O–H groups in total. The number of aromatic nitrogens is 2. The van der Waals surface area contributed by atoms with Gasteiger partial charge in [-0.1, -0.05) is 0 Å². The van der Waals surface area contributed by atoms with Crippen LogP contribution in [0.5, 0.6) is 11.5 Å². The molecule has 1 saturated heterocycles. The molecule has 1 aliphatic heterocycles. The Morgan fingerprint density at radius 2 is 1.96 bits per heavy atom. The van der Waals surface area contributed by atoms with Crippen LogP contribution in [-0.2, 0) is 17.8 Å². The maximum atomic E-state index is 12.0. The van der Waals surface area contributed by atoms with Gasteiger partial charge in [-0.25, -0.2) is 0 Å². The molecule has 0 aliphatic carbocycles. The van der Waals surface area contributed by atoms with Gasteiger partial charge in [-0.3, -0.25) is 13.8 Å². The summed E-state index contributed by atoms with van der Waals surface area (Å²) < 4.78 is 25.1. The lowest BCUT2D eigenvalue weighted by Gasteiger charge is -2.34. The van der Waals surface area contributed by atoms with E-state index in [0.717, 1.165) is 35.9 Å². The standard InChI is InChI=1S/C18H25N3O3S/c1-3-23-16-4-6-17(7-5-16)24-10-8-21-9-11-25(22)14-18(21)15-12-19-20(2)13-15/h4-7,12-13,18H,3,8-11,14H2,1-2H3/t18-,25-/m0/s1. The molecule has 0 amide bonds. The molecular formula is C18H25N3O3S. The summed E-state index contributed by atoms with van der Waals surface area (Å²) in [6.45, 7) is 4.83.